The van der Waals surface area contributed by atoms with Crippen molar-refractivity contribution < 1.29 is 13.5 Å². The molecule has 1 unspecified atom stereocenters. The van der Waals surface area contributed by atoms with Gasteiger partial charge in [-0.1, -0.05) is 12.1 Å². The Morgan fingerprint density at radius 1 is 1.26 bits per heavy atom. The van der Waals surface area contributed by atoms with Crippen LogP contribution < -0.4 is 10.1 Å². The fourth-order valence-corrected chi connectivity index (χ4v) is 2.33. The highest BCUT2D eigenvalue weighted by molar-refractivity contribution is 5.86. The number of alkyl halides is 2. The summed E-state index contributed by atoms with van der Waals surface area (Å²) in [6, 6.07) is 6.41. The zero-order valence-corrected chi connectivity index (χ0v) is 12.6. The van der Waals surface area contributed by atoms with Gasteiger partial charge in [0.1, 0.15) is 17.9 Å². The topological polar surface area (TPSA) is 64.9 Å². The summed E-state index contributed by atoms with van der Waals surface area (Å²) in [5.41, 5.74) is 1.52. The molecule has 0 spiro atoms. The van der Waals surface area contributed by atoms with Crippen molar-refractivity contribution in [2.75, 3.05) is 5.32 Å². The SMILES string of the molecule is CC(Nc1ncnc2c1cnn2C)c1cccc(OC(F)F)c1. The van der Waals surface area contributed by atoms with Crippen molar-refractivity contribution in [2.45, 2.75) is 19.6 Å². The maximum Gasteiger partial charge on any atom is 0.387 e. The van der Waals surface area contributed by atoms with Crippen LogP contribution in [0.25, 0.3) is 11.0 Å². The van der Waals surface area contributed by atoms with Crippen LogP contribution in [0.15, 0.2) is 36.8 Å². The van der Waals surface area contributed by atoms with E-state index in [1.807, 2.05) is 13.0 Å². The fourth-order valence-electron chi connectivity index (χ4n) is 2.33. The van der Waals surface area contributed by atoms with Crippen molar-refractivity contribution in [1.29, 1.82) is 0 Å². The first-order valence-corrected chi connectivity index (χ1v) is 6.98. The third-order valence-electron chi connectivity index (χ3n) is 3.47. The van der Waals surface area contributed by atoms with E-state index in [9.17, 15) is 8.78 Å². The lowest BCUT2D eigenvalue weighted by atomic mass is 10.1. The normalized spacial score (nSPS) is 12.6. The first-order valence-electron chi connectivity index (χ1n) is 6.98. The van der Waals surface area contributed by atoms with E-state index in [2.05, 4.69) is 25.1 Å². The van der Waals surface area contributed by atoms with Gasteiger partial charge in [0.05, 0.1) is 17.6 Å². The van der Waals surface area contributed by atoms with Gasteiger partial charge in [-0.2, -0.15) is 13.9 Å². The molecule has 0 amide bonds. The van der Waals surface area contributed by atoms with E-state index in [4.69, 9.17) is 0 Å². The monoisotopic (exact) mass is 319 g/mol. The first kappa shape index (κ1) is 15.1. The lowest BCUT2D eigenvalue weighted by Gasteiger charge is -2.16. The molecule has 0 saturated carbocycles. The summed E-state index contributed by atoms with van der Waals surface area (Å²) in [5.74, 6) is 0.760. The van der Waals surface area contributed by atoms with Crippen LogP contribution in [-0.4, -0.2) is 26.4 Å². The van der Waals surface area contributed by atoms with Crippen LogP contribution in [0.3, 0.4) is 0 Å². The molecule has 8 heteroatoms. The summed E-state index contributed by atoms with van der Waals surface area (Å²) >= 11 is 0. The van der Waals surface area contributed by atoms with Crippen LogP contribution in [0, 0.1) is 0 Å². The maximum absolute atomic E-state index is 12.3. The number of rotatable bonds is 5. The second-order valence-electron chi connectivity index (χ2n) is 5.04. The number of benzene rings is 1. The quantitative estimate of drug-likeness (QED) is 0.782. The van der Waals surface area contributed by atoms with Gasteiger partial charge in [-0.05, 0) is 24.6 Å². The average molecular weight is 319 g/mol. The predicted molar refractivity (Wildman–Crippen MR) is 81.4 cm³/mol. The van der Waals surface area contributed by atoms with E-state index in [0.29, 0.717) is 11.5 Å². The largest absolute Gasteiger partial charge is 0.435 e. The molecule has 1 atom stereocenters. The molecule has 1 aromatic carbocycles. The number of aromatic nitrogens is 4. The third kappa shape index (κ3) is 3.20. The highest BCUT2D eigenvalue weighted by atomic mass is 19.3. The first-order chi connectivity index (χ1) is 11.0. The molecule has 0 aliphatic rings. The number of hydrogen-bond acceptors (Lipinski definition) is 5. The third-order valence-corrected chi connectivity index (χ3v) is 3.47. The summed E-state index contributed by atoms with van der Waals surface area (Å²) in [6.07, 6.45) is 3.14. The highest BCUT2D eigenvalue weighted by Crippen LogP contribution is 2.26. The molecule has 120 valence electrons. The Balaban J connectivity index is 1.84. The molecule has 3 rings (SSSR count). The van der Waals surface area contributed by atoms with Gasteiger partial charge in [-0.3, -0.25) is 4.68 Å². The molecule has 0 radical (unpaired) electrons. The molecular formula is C15H15F2N5O. The van der Waals surface area contributed by atoms with Crippen molar-refractivity contribution >= 4 is 16.9 Å². The Bertz CT molecular complexity index is 820. The molecule has 0 aliphatic carbocycles. The second-order valence-corrected chi connectivity index (χ2v) is 5.04. The molecule has 2 heterocycles. The summed E-state index contributed by atoms with van der Waals surface area (Å²) in [4.78, 5) is 8.40. The molecular weight excluding hydrogens is 304 g/mol. The molecule has 3 aromatic rings. The number of aryl methyl sites for hydroxylation is 1. The van der Waals surface area contributed by atoms with Gasteiger partial charge in [-0.15, -0.1) is 0 Å². The van der Waals surface area contributed by atoms with E-state index in [-0.39, 0.29) is 11.8 Å². The number of halogens is 2. The molecule has 2 aromatic heterocycles. The van der Waals surface area contributed by atoms with E-state index in [0.717, 1.165) is 10.9 Å². The number of nitrogens with one attached hydrogen (secondary N) is 1. The minimum Gasteiger partial charge on any atom is -0.435 e. The Kier molecular flexibility index (Phi) is 4.05. The number of fused-ring (bicyclic) bond motifs is 1. The minimum atomic E-state index is -2.84. The van der Waals surface area contributed by atoms with Gasteiger partial charge in [0.25, 0.3) is 0 Å². The van der Waals surface area contributed by atoms with Crippen LogP contribution in [-0.2, 0) is 7.05 Å². The van der Waals surface area contributed by atoms with E-state index < -0.39 is 6.61 Å². The zero-order valence-electron chi connectivity index (χ0n) is 12.6. The van der Waals surface area contributed by atoms with Gasteiger partial charge in [0.2, 0.25) is 0 Å². The van der Waals surface area contributed by atoms with Crippen LogP contribution >= 0.6 is 0 Å². The predicted octanol–water partition coefficient (Wildman–Crippen LogP) is 3.14. The highest BCUT2D eigenvalue weighted by Gasteiger charge is 2.13. The van der Waals surface area contributed by atoms with Gasteiger partial charge >= 0.3 is 6.61 Å². The fraction of sp³-hybridized carbons (Fsp3) is 0.267. The number of ether oxygens (including phenoxy) is 1. The summed E-state index contributed by atoms with van der Waals surface area (Å²) < 4.78 is 30.7. The molecule has 0 aliphatic heterocycles. The number of hydrogen-bond donors (Lipinski definition) is 1. The number of nitrogens with zero attached hydrogens (tertiary/aromatic N) is 4. The summed E-state index contributed by atoms with van der Waals surface area (Å²) in [6.45, 7) is -0.934. The summed E-state index contributed by atoms with van der Waals surface area (Å²) in [5, 5.41) is 8.19. The van der Waals surface area contributed by atoms with Crippen LogP contribution in [0.4, 0.5) is 14.6 Å². The lowest BCUT2D eigenvalue weighted by Crippen LogP contribution is -2.09. The van der Waals surface area contributed by atoms with Crippen molar-refractivity contribution in [1.82, 2.24) is 19.7 Å². The Labute approximate surface area is 131 Å². The van der Waals surface area contributed by atoms with E-state index in [1.165, 1.54) is 12.4 Å². The maximum atomic E-state index is 12.3. The van der Waals surface area contributed by atoms with Gasteiger partial charge in [0, 0.05) is 7.05 Å². The standard InChI is InChI=1S/C15H15F2N5O/c1-9(10-4-3-5-11(6-10)23-15(16)17)21-13-12-7-20-22(2)14(12)19-8-18-13/h3-9,15H,1-2H3,(H,18,19,21). The Hall–Kier alpha value is -2.77. The number of anilines is 1. The summed E-state index contributed by atoms with van der Waals surface area (Å²) in [7, 11) is 1.80. The lowest BCUT2D eigenvalue weighted by molar-refractivity contribution is -0.0498. The van der Waals surface area contributed by atoms with Crippen molar-refractivity contribution in [3.05, 3.63) is 42.4 Å². The zero-order chi connectivity index (χ0) is 16.4. The smallest absolute Gasteiger partial charge is 0.387 e. The van der Waals surface area contributed by atoms with Gasteiger partial charge in [0.15, 0.2) is 5.65 Å². The average Bonchev–Trinajstić information content (AvgIpc) is 2.90. The van der Waals surface area contributed by atoms with Gasteiger partial charge in [-0.25, -0.2) is 9.97 Å². The van der Waals surface area contributed by atoms with Crippen LogP contribution in [0.5, 0.6) is 5.75 Å². The van der Waals surface area contributed by atoms with Crippen molar-refractivity contribution in [3.8, 4) is 5.75 Å². The van der Waals surface area contributed by atoms with Gasteiger partial charge < -0.3 is 10.1 Å². The van der Waals surface area contributed by atoms with Crippen molar-refractivity contribution in [2.24, 2.45) is 7.05 Å². The second kappa shape index (κ2) is 6.15. The van der Waals surface area contributed by atoms with Crippen molar-refractivity contribution in [3.63, 3.8) is 0 Å². The molecule has 0 saturated heterocycles. The Morgan fingerprint density at radius 2 is 2.09 bits per heavy atom. The van der Waals surface area contributed by atoms with Crippen LogP contribution in [0.2, 0.25) is 0 Å². The van der Waals surface area contributed by atoms with Crippen LogP contribution in [0.1, 0.15) is 18.5 Å². The molecule has 23 heavy (non-hydrogen) atoms. The molecule has 1 N–H and O–H groups in total. The minimum absolute atomic E-state index is 0.125. The molecule has 6 nitrogen and oxygen atoms in total. The molecule has 0 fully saturated rings. The van der Waals surface area contributed by atoms with E-state index >= 15 is 0 Å². The molecule has 0 bridgehead atoms. The Morgan fingerprint density at radius 3 is 2.87 bits per heavy atom. The van der Waals surface area contributed by atoms with E-state index in [1.54, 1.807) is 30.1 Å².